The van der Waals surface area contributed by atoms with Gasteiger partial charge in [0.1, 0.15) is 0 Å². The average Bonchev–Trinajstić information content (AvgIpc) is 1.97. The highest BCUT2D eigenvalue weighted by Gasteiger charge is 2.34. The van der Waals surface area contributed by atoms with E-state index in [1.807, 2.05) is 0 Å². The quantitative estimate of drug-likeness (QED) is 0.733. The molecule has 0 aromatic carbocycles. The minimum absolute atomic E-state index is 0.232. The molecule has 15 heavy (non-hydrogen) atoms. The van der Waals surface area contributed by atoms with Gasteiger partial charge < -0.3 is 10.6 Å². The molecule has 0 aromatic heterocycles. The molecule has 0 aromatic rings. The topological polar surface area (TPSA) is 72.6 Å². The van der Waals surface area contributed by atoms with E-state index in [0.717, 1.165) is 0 Å². The molecule has 1 rings (SSSR count). The maximum absolute atomic E-state index is 11.4. The Kier molecular flexibility index (Phi) is 3.34. The Morgan fingerprint density at radius 1 is 1.40 bits per heavy atom. The summed E-state index contributed by atoms with van der Waals surface area (Å²) >= 11 is 0. The molecular formula is C10H18N2O3. The second-order valence-corrected chi connectivity index (χ2v) is 5.01. The van der Waals surface area contributed by atoms with Crippen molar-refractivity contribution in [1.82, 2.24) is 5.06 Å². The molecule has 1 aliphatic heterocycles. The third kappa shape index (κ3) is 3.51. The van der Waals surface area contributed by atoms with Crippen LogP contribution in [0.5, 0.6) is 0 Å². The van der Waals surface area contributed by atoms with E-state index in [2.05, 4.69) is 0 Å². The Morgan fingerprint density at radius 3 is 2.33 bits per heavy atom. The molecular weight excluding hydrogens is 196 g/mol. The van der Waals surface area contributed by atoms with Crippen molar-refractivity contribution in [3.63, 3.8) is 0 Å². The van der Waals surface area contributed by atoms with Crippen LogP contribution in [0.15, 0.2) is 0 Å². The molecule has 0 saturated carbocycles. The Hall–Kier alpha value is -1.10. The molecule has 0 unspecified atom stereocenters. The summed E-state index contributed by atoms with van der Waals surface area (Å²) in [6.45, 7) is 6.61. The second-order valence-electron chi connectivity index (χ2n) is 5.01. The number of primary amides is 1. The lowest BCUT2D eigenvalue weighted by Crippen LogP contribution is -2.49. The molecule has 1 amide bonds. The van der Waals surface area contributed by atoms with Gasteiger partial charge in [-0.25, -0.2) is 4.79 Å². The first-order valence-corrected chi connectivity index (χ1v) is 5.04. The van der Waals surface area contributed by atoms with E-state index in [9.17, 15) is 9.59 Å². The van der Waals surface area contributed by atoms with E-state index >= 15 is 0 Å². The number of hydrogen-bond acceptors (Lipinski definition) is 4. The number of nitrogens with zero attached hydrogens (tertiary/aromatic N) is 1. The summed E-state index contributed by atoms with van der Waals surface area (Å²) in [5.41, 5.74) is 4.56. The molecule has 0 bridgehead atoms. The number of carbonyl (C=O) groups excluding carboxylic acids is 2. The monoisotopic (exact) mass is 214 g/mol. The normalized spacial score (nSPS) is 18.3. The summed E-state index contributed by atoms with van der Waals surface area (Å²) in [6.07, 6.45) is 0.365. The van der Waals surface area contributed by atoms with Gasteiger partial charge in [-0.05, 0) is 26.7 Å². The van der Waals surface area contributed by atoms with Gasteiger partial charge in [-0.15, -0.1) is 5.06 Å². The van der Waals surface area contributed by atoms with E-state index < -0.39 is 5.41 Å². The molecule has 1 saturated heterocycles. The van der Waals surface area contributed by atoms with E-state index in [1.165, 1.54) is 0 Å². The number of nitrogens with two attached hydrogens (primary N) is 1. The average molecular weight is 214 g/mol. The van der Waals surface area contributed by atoms with Crippen LogP contribution >= 0.6 is 0 Å². The third-order valence-electron chi connectivity index (χ3n) is 2.24. The highest BCUT2D eigenvalue weighted by Crippen LogP contribution is 2.22. The zero-order valence-electron chi connectivity index (χ0n) is 9.45. The first-order valence-electron chi connectivity index (χ1n) is 5.04. The Bertz CT molecular complexity index is 264. The Balaban J connectivity index is 2.23. The number of rotatable bonds is 3. The SMILES string of the molecule is CC(C)(C)C(=O)ON1CC(CC(N)=O)C1. The van der Waals surface area contributed by atoms with Crippen molar-refractivity contribution < 1.29 is 14.4 Å². The summed E-state index contributed by atoms with van der Waals surface area (Å²) in [6, 6.07) is 0. The van der Waals surface area contributed by atoms with Crippen molar-refractivity contribution in [3.05, 3.63) is 0 Å². The molecule has 0 aliphatic carbocycles. The van der Waals surface area contributed by atoms with Crippen LogP contribution in [-0.2, 0) is 14.4 Å². The van der Waals surface area contributed by atoms with Crippen LogP contribution in [-0.4, -0.2) is 30.0 Å². The molecule has 0 radical (unpaired) electrons. The van der Waals surface area contributed by atoms with Crippen LogP contribution in [0, 0.1) is 11.3 Å². The third-order valence-corrected chi connectivity index (χ3v) is 2.24. The van der Waals surface area contributed by atoms with Gasteiger partial charge in [0.2, 0.25) is 5.91 Å². The van der Waals surface area contributed by atoms with Gasteiger partial charge in [0.25, 0.3) is 0 Å². The molecule has 2 N–H and O–H groups in total. The van der Waals surface area contributed by atoms with E-state index in [0.29, 0.717) is 19.5 Å². The summed E-state index contributed by atoms with van der Waals surface area (Å²) < 4.78 is 0. The fourth-order valence-corrected chi connectivity index (χ4v) is 1.26. The number of hydroxylamine groups is 2. The smallest absolute Gasteiger partial charge is 0.330 e. The van der Waals surface area contributed by atoms with Crippen LogP contribution in [0.1, 0.15) is 27.2 Å². The second kappa shape index (κ2) is 4.18. The minimum atomic E-state index is -0.491. The van der Waals surface area contributed by atoms with Gasteiger partial charge in [0, 0.05) is 19.5 Å². The number of amides is 1. The van der Waals surface area contributed by atoms with E-state index in [4.69, 9.17) is 10.6 Å². The number of hydrogen-bond donors (Lipinski definition) is 1. The summed E-state index contributed by atoms with van der Waals surface area (Å²) in [7, 11) is 0. The van der Waals surface area contributed by atoms with Gasteiger partial charge in [0.15, 0.2) is 0 Å². The van der Waals surface area contributed by atoms with Crippen molar-refractivity contribution in [3.8, 4) is 0 Å². The summed E-state index contributed by atoms with van der Waals surface area (Å²) in [5.74, 6) is -0.322. The largest absolute Gasteiger partial charge is 0.370 e. The first-order chi connectivity index (χ1) is 6.79. The zero-order chi connectivity index (χ0) is 11.6. The fourth-order valence-electron chi connectivity index (χ4n) is 1.26. The fraction of sp³-hybridized carbons (Fsp3) is 0.800. The zero-order valence-corrected chi connectivity index (χ0v) is 9.45. The van der Waals surface area contributed by atoms with Crippen LogP contribution < -0.4 is 5.73 Å². The van der Waals surface area contributed by atoms with Crippen molar-refractivity contribution in [2.45, 2.75) is 27.2 Å². The molecule has 86 valence electrons. The van der Waals surface area contributed by atoms with Crippen LogP contribution in [0.4, 0.5) is 0 Å². The summed E-state index contributed by atoms with van der Waals surface area (Å²) in [4.78, 5) is 27.1. The molecule has 0 spiro atoms. The van der Waals surface area contributed by atoms with Gasteiger partial charge >= 0.3 is 5.97 Å². The Morgan fingerprint density at radius 2 is 1.93 bits per heavy atom. The first kappa shape index (κ1) is 12.0. The molecule has 1 fully saturated rings. The maximum atomic E-state index is 11.4. The molecule has 5 heteroatoms. The molecule has 1 aliphatic rings. The highest BCUT2D eigenvalue weighted by molar-refractivity contribution is 5.75. The lowest BCUT2D eigenvalue weighted by molar-refractivity contribution is -0.228. The van der Waals surface area contributed by atoms with Crippen molar-refractivity contribution in [1.29, 1.82) is 0 Å². The van der Waals surface area contributed by atoms with Crippen molar-refractivity contribution >= 4 is 11.9 Å². The Labute approximate surface area is 89.5 Å². The van der Waals surface area contributed by atoms with Gasteiger partial charge in [-0.1, -0.05) is 0 Å². The predicted octanol–water partition coefficient (Wildman–Crippen LogP) is 0.298. The lowest BCUT2D eigenvalue weighted by Gasteiger charge is -2.37. The van der Waals surface area contributed by atoms with Crippen LogP contribution in [0.3, 0.4) is 0 Å². The van der Waals surface area contributed by atoms with E-state index in [-0.39, 0.29) is 17.8 Å². The van der Waals surface area contributed by atoms with Gasteiger partial charge in [0.05, 0.1) is 5.41 Å². The molecule has 5 nitrogen and oxygen atoms in total. The lowest BCUT2D eigenvalue weighted by atomic mass is 9.97. The van der Waals surface area contributed by atoms with Gasteiger partial charge in [-0.2, -0.15) is 0 Å². The van der Waals surface area contributed by atoms with Crippen molar-refractivity contribution in [2.75, 3.05) is 13.1 Å². The van der Waals surface area contributed by atoms with Crippen molar-refractivity contribution in [2.24, 2.45) is 17.1 Å². The minimum Gasteiger partial charge on any atom is -0.370 e. The van der Waals surface area contributed by atoms with Crippen LogP contribution in [0.2, 0.25) is 0 Å². The predicted molar refractivity (Wildman–Crippen MR) is 54.4 cm³/mol. The standard InChI is InChI=1S/C10H18N2O3/c1-10(2,3)9(14)15-12-5-7(6-12)4-8(11)13/h7H,4-6H2,1-3H3,(H2,11,13). The molecule has 0 atom stereocenters. The molecule has 1 heterocycles. The summed E-state index contributed by atoms with van der Waals surface area (Å²) in [5, 5.41) is 1.57. The van der Waals surface area contributed by atoms with E-state index in [1.54, 1.807) is 25.8 Å². The maximum Gasteiger partial charge on any atom is 0.330 e. The van der Waals surface area contributed by atoms with Gasteiger partial charge in [-0.3, -0.25) is 4.79 Å². The van der Waals surface area contributed by atoms with Crippen LogP contribution in [0.25, 0.3) is 0 Å². The highest BCUT2D eigenvalue weighted by atomic mass is 16.7. The number of carbonyl (C=O) groups is 2.